The number of unbranched alkanes of at least 4 members (excludes halogenated alkanes) is 1. The predicted octanol–water partition coefficient (Wildman–Crippen LogP) is -1.08. The molecule has 0 bridgehead atoms. The molecule has 0 fully saturated rings. The summed E-state index contributed by atoms with van der Waals surface area (Å²) in [7, 11) is -8.87. The summed E-state index contributed by atoms with van der Waals surface area (Å²) in [5.74, 6) is -1.15. The number of primary amides is 1. The first-order chi connectivity index (χ1) is 7.53. The van der Waals surface area contributed by atoms with E-state index >= 15 is 0 Å². The summed E-state index contributed by atoms with van der Waals surface area (Å²) < 4.78 is 52.0. The quantitative estimate of drug-likeness (QED) is 0.294. The van der Waals surface area contributed by atoms with E-state index in [0.717, 1.165) is 4.13 Å². The highest BCUT2D eigenvalue weighted by Crippen LogP contribution is 2.05. The van der Waals surface area contributed by atoms with Crippen LogP contribution in [0, 0.1) is 0 Å². The van der Waals surface area contributed by atoms with Crippen LogP contribution < -0.4 is 9.86 Å². The van der Waals surface area contributed by atoms with Crippen molar-refractivity contribution in [2.45, 2.75) is 19.3 Å². The maximum Gasteiger partial charge on any atom is 0.346 e. The van der Waals surface area contributed by atoms with Crippen LogP contribution in [0.3, 0.4) is 0 Å². The molecule has 100 valence electrons. The molecule has 0 aromatic rings. The zero-order valence-electron chi connectivity index (χ0n) is 8.92. The summed E-state index contributed by atoms with van der Waals surface area (Å²) in [4.78, 5) is 10.6. The summed E-state index contributed by atoms with van der Waals surface area (Å²) >= 11 is 0. The fourth-order valence-corrected chi connectivity index (χ4v) is 3.16. The highest BCUT2D eigenvalue weighted by Gasteiger charge is 2.17. The van der Waals surface area contributed by atoms with Crippen LogP contribution >= 0.6 is 0 Å². The second-order valence-corrected chi connectivity index (χ2v) is 6.56. The van der Waals surface area contributed by atoms with E-state index in [1.165, 1.54) is 0 Å². The smallest absolute Gasteiger partial charge is 0.346 e. The SMILES string of the molecule is C=C(CCCCS(=O)(=O)NS(=O)(=O)O)C(N)=O. The first-order valence-electron chi connectivity index (χ1n) is 4.50. The van der Waals surface area contributed by atoms with Gasteiger partial charge < -0.3 is 5.73 Å². The maximum absolute atomic E-state index is 11.1. The molecule has 0 spiro atoms. The number of rotatable bonds is 8. The summed E-state index contributed by atoms with van der Waals surface area (Å²) in [6, 6.07) is 0. The van der Waals surface area contributed by atoms with Crippen molar-refractivity contribution < 1.29 is 26.2 Å². The summed E-state index contributed by atoms with van der Waals surface area (Å²) in [5.41, 5.74) is 5.08. The molecule has 0 radical (unpaired) electrons. The van der Waals surface area contributed by atoms with Crippen LogP contribution in [0.2, 0.25) is 0 Å². The van der Waals surface area contributed by atoms with Crippen molar-refractivity contribution in [2.75, 3.05) is 5.75 Å². The van der Waals surface area contributed by atoms with E-state index in [4.69, 9.17) is 10.3 Å². The molecule has 10 heteroatoms. The van der Waals surface area contributed by atoms with E-state index in [1.807, 2.05) is 0 Å². The second-order valence-electron chi connectivity index (χ2n) is 3.30. The third-order valence-corrected chi connectivity index (χ3v) is 4.41. The molecule has 17 heavy (non-hydrogen) atoms. The average molecular weight is 286 g/mol. The molecule has 8 nitrogen and oxygen atoms in total. The normalized spacial score (nSPS) is 12.3. The molecule has 0 aliphatic heterocycles. The Kier molecular flexibility index (Phi) is 5.75. The first-order valence-corrected chi connectivity index (χ1v) is 7.59. The Morgan fingerprint density at radius 3 is 2.18 bits per heavy atom. The van der Waals surface area contributed by atoms with Crippen molar-refractivity contribution >= 4 is 26.2 Å². The van der Waals surface area contributed by atoms with Crippen molar-refractivity contribution in [2.24, 2.45) is 5.73 Å². The van der Waals surface area contributed by atoms with Crippen LogP contribution in [0.5, 0.6) is 0 Å². The number of carbonyl (C=O) groups is 1. The maximum atomic E-state index is 11.1. The van der Waals surface area contributed by atoms with Gasteiger partial charge in [-0.2, -0.15) is 8.42 Å². The minimum absolute atomic E-state index is 0.108. The van der Waals surface area contributed by atoms with Crippen LogP contribution in [0.1, 0.15) is 19.3 Å². The highest BCUT2D eigenvalue weighted by molar-refractivity contribution is 8.02. The molecule has 0 saturated heterocycles. The van der Waals surface area contributed by atoms with Crippen LogP contribution in [0.15, 0.2) is 12.2 Å². The van der Waals surface area contributed by atoms with Crippen molar-refractivity contribution in [1.82, 2.24) is 4.13 Å². The lowest BCUT2D eigenvalue weighted by molar-refractivity contribution is -0.114. The number of sulfonamides is 1. The Bertz CT molecular complexity index is 492. The minimum Gasteiger partial charge on any atom is -0.366 e. The molecular formula is C7H14N2O6S2. The predicted molar refractivity (Wildman–Crippen MR) is 60.7 cm³/mol. The average Bonchev–Trinajstić information content (AvgIpc) is 2.07. The fourth-order valence-electron chi connectivity index (χ4n) is 0.956. The number of amides is 1. The summed E-state index contributed by atoms with van der Waals surface area (Å²) in [6.45, 7) is 3.37. The molecule has 0 aromatic carbocycles. The van der Waals surface area contributed by atoms with Gasteiger partial charge in [-0.1, -0.05) is 10.7 Å². The van der Waals surface area contributed by atoms with E-state index < -0.39 is 32.0 Å². The van der Waals surface area contributed by atoms with Gasteiger partial charge in [0, 0.05) is 5.57 Å². The van der Waals surface area contributed by atoms with Gasteiger partial charge in [-0.25, -0.2) is 8.42 Å². The fraction of sp³-hybridized carbons (Fsp3) is 0.571. The Hall–Kier alpha value is -0.970. The van der Waals surface area contributed by atoms with Gasteiger partial charge in [0.2, 0.25) is 15.9 Å². The molecule has 4 N–H and O–H groups in total. The molecule has 0 aromatic heterocycles. The van der Waals surface area contributed by atoms with Gasteiger partial charge in [-0.05, 0) is 19.3 Å². The molecule has 0 atom stereocenters. The number of hydrogen-bond donors (Lipinski definition) is 3. The zero-order valence-corrected chi connectivity index (χ0v) is 10.6. The number of hydrogen-bond acceptors (Lipinski definition) is 5. The van der Waals surface area contributed by atoms with Gasteiger partial charge in [0.05, 0.1) is 5.75 Å². The molecule has 0 saturated carbocycles. The Labute approximate surface area is 99.8 Å². The lowest BCUT2D eigenvalue weighted by Gasteiger charge is -2.04. The third-order valence-electron chi connectivity index (χ3n) is 1.72. The van der Waals surface area contributed by atoms with Crippen molar-refractivity contribution in [3.05, 3.63) is 12.2 Å². The molecule has 0 aliphatic rings. The number of nitrogens with one attached hydrogen (secondary N) is 1. The van der Waals surface area contributed by atoms with E-state index in [1.54, 1.807) is 0 Å². The number of carbonyl (C=O) groups excluding carboxylic acids is 1. The third kappa shape index (κ3) is 8.80. The number of nitrogens with two attached hydrogens (primary N) is 1. The van der Waals surface area contributed by atoms with Gasteiger partial charge >= 0.3 is 10.3 Å². The molecular weight excluding hydrogens is 272 g/mol. The highest BCUT2D eigenvalue weighted by atomic mass is 32.3. The Morgan fingerprint density at radius 2 is 1.76 bits per heavy atom. The molecule has 0 heterocycles. The minimum atomic E-state index is -4.78. The summed E-state index contributed by atoms with van der Waals surface area (Å²) in [6.07, 6.45) is 0.655. The topological polar surface area (TPSA) is 144 Å². The van der Waals surface area contributed by atoms with Gasteiger partial charge in [-0.3, -0.25) is 9.35 Å². The van der Waals surface area contributed by atoms with Gasteiger partial charge in [0.25, 0.3) is 0 Å². The second kappa shape index (κ2) is 6.10. The van der Waals surface area contributed by atoms with Crippen LogP contribution in [-0.4, -0.2) is 33.0 Å². The largest absolute Gasteiger partial charge is 0.366 e. The van der Waals surface area contributed by atoms with Gasteiger partial charge in [0.15, 0.2) is 0 Å². The first kappa shape index (κ1) is 16.0. The van der Waals surface area contributed by atoms with Crippen molar-refractivity contribution in [1.29, 1.82) is 0 Å². The molecule has 0 rings (SSSR count). The lowest BCUT2D eigenvalue weighted by Crippen LogP contribution is -2.31. The van der Waals surface area contributed by atoms with Crippen molar-refractivity contribution in [3.8, 4) is 0 Å². The monoisotopic (exact) mass is 286 g/mol. The van der Waals surface area contributed by atoms with E-state index in [2.05, 4.69) is 6.58 Å². The van der Waals surface area contributed by atoms with E-state index in [-0.39, 0.29) is 18.4 Å². The van der Waals surface area contributed by atoms with Crippen LogP contribution in [0.4, 0.5) is 0 Å². The standard InChI is InChI=1S/C7H14N2O6S2/c1-6(7(8)10)4-2-3-5-16(11,12)9-17(13,14)15/h9H,1-5H2,(H2,8,10)(H,13,14,15). The molecule has 0 unspecified atom stereocenters. The van der Waals surface area contributed by atoms with E-state index in [9.17, 15) is 21.6 Å². The summed E-state index contributed by atoms with van der Waals surface area (Å²) in [5, 5.41) is 0. The zero-order chi connectivity index (χ0) is 13.7. The van der Waals surface area contributed by atoms with Gasteiger partial charge in [0.1, 0.15) is 0 Å². The van der Waals surface area contributed by atoms with E-state index in [0.29, 0.717) is 6.42 Å². The molecule has 1 amide bonds. The van der Waals surface area contributed by atoms with Crippen molar-refractivity contribution in [3.63, 3.8) is 0 Å². The molecule has 0 aliphatic carbocycles. The van der Waals surface area contributed by atoms with Gasteiger partial charge in [-0.15, -0.1) is 0 Å². The van der Waals surface area contributed by atoms with Crippen LogP contribution in [-0.2, 0) is 25.1 Å². The lowest BCUT2D eigenvalue weighted by atomic mass is 10.1. The Balaban J connectivity index is 4.06. The Morgan fingerprint density at radius 1 is 1.24 bits per heavy atom. The van der Waals surface area contributed by atoms with Crippen LogP contribution in [0.25, 0.3) is 0 Å².